The monoisotopic (exact) mass is 341 g/mol. The molecule has 0 aliphatic carbocycles. The fourth-order valence-electron chi connectivity index (χ4n) is 4.28. The maximum Gasteiger partial charge on any atom is 0.255 e. The van der Waals surface area contributed by atoms with Crippen LogP contribution in [0.25, 0.3) is 0 Å². The van der Waals surface area contributed by atoms with Gasteiger partial charge in [-0.05, 0) is 55.8 Å². The summed E-state index contributed by atoms with van der Waals surface area (Å²) in [5, 5.41) is 5.81. The van der Waals surface area contributed by atoms with Gasteiger partial charge in [0, 0.05) is 24.6 Å². The van der Waals surface area contributed by atoms with Crippen molar-refractivity contribution >= 4 is 17.7 Å². The third-order valence-electron chi connectivity index (χ3n) is 5.64. The van der Waals surface area contributed by atoms with Crippen molar-refractivity contribution in [2.75, 3.05) is 6.54 Å². The van der Waals surface area contributed by atoms with Gasteiger partial charge in [-0.2, -0.15) is 0 Å². The zero-order valence-corrected chi connectivity index (χ0v) is 14.4. The number of amides is 3. The maximum absolute atomic E-state index is 12.7. The summed E-state index contributed by atoms with van der Waals surface area (Å²) in [4.78, 5) is 37.8. The molecule has 0 aromatic heterocycles. The molecular formula is C19H23N3O3. The van der Waals surface area contributed by atoms with Gasteiger partial charge in [0.25, 0.3) is 5.91 Å². The Hall–Kier alpha value is -2.21. The number of fused-ring (bicyclic) bond motifs is 1. The minimum Gasteiger partial charge on any atom is -0.322 e. The number of carbonyl (C=O) groups is 3. The van der Waals surface area contributed by atoms with Gasteiger partial charge in [-0.3, -0.25) is 19.7 Å². The quantitative estimate of drug-likeness (QED) is 0.795. The predicted octanol–water partition coefficient (Wildman–Crippen LogP) is 1.30. The van der Waals surface area contributed by atoms with Crippen LogP contribution in [0.5, 0.6) is 0 Å². The fraction of sp³-hybridized carbons (Fsp3) is 0.526. The number of benzene rings is 1. The molecule has 1 aromatic rings. The Morgan fingerprint density at radius 2 is 2.00 bits per heavy atom. The largest absolute Gasteiger partial charge is 0.322 e. The van der Waals surface area contributed by atoms with E-state index in [-0.39, 0.29) is 24.1 Å². The number of hydrogen-bond acceptors (Lipinski definition) is 4. The van der Waals surface area contributed by atoms with E-state index < -0.39 is 6.04 Å². The van der Waals surface area contributed by atoms with Crippen molar-refractivity contribution in [2.24, 2.45) is 0 Å². The van der Waals surface area contributed by atoms with Crippen LogP contribution in [0.15, 0.2) is 18.2 Å². The highest BCUT2D eigenvalue weighted by atomic mass is 16.2. The molecule has 0 radical (unpaired) electrons. The molecular weight excluding hydrogens is 318 g/mol. The third-order valence-corrected chi connectivity index (χ3v) is 5.64. The van der Waals surface area contributed by atoms with Crippen molar-refractivity contribution in [1.29, 1.82) is 0 Å². The van der Waals surface area contributed by atoms with Crippen LogP contribution in [0.1, 0.15) is 60.0 Å². The second-order valence-corrected chi connectivity index (χ2v) is 7.39. The Kier molecular flexibility index (Phi) is 4.07. The number of rotatable bonds is 2. The van der Waals surface area contributed by atoms with Crippen LogP contribution in [0.3, 0.4) is 0 Å². The minimum atomic E-state index is -0.542. The first kappa shape index (κ1) is 16.3. The van der Waals surface area contributed by atoms with Crippen LogP contribution in [0.2, 0.25) is 0 Å². The van der Waals surface area contributed by atoms with Crippen LogP contribution in [0.4, 0.5) is 0 Å². The molecule has 2 saturated heterocycles. The summed E-state index contributed by atoms with van der Waals surface area (Å²) in [5.41, 5.74) is 2.97. The van der Waals surface area contributed by atoms with Gasteiger partial charge in [-0.25, -0.2) is 0 Å². The van der Waals surface area contributed by atoms with Gasteiger partial charge in [-0.1, -0.05) is 12.1 Å². The van der Waals surface area contributed by atoms with E-state index >= 15 is 0 Å². The number of carbonyl (C=O) groups excluding carboxylic acids is 3. The summed E-state index contributed by atoms with van der Waals surface area (Å²) in [6.45, 7) is 3.67. The van der Waals surface area contributed by atoms with Crippen molar-refractivity contribution in [2.45, 2.75) is 57.2 Å². The molecule has 3 amide bonds. The summed E-state index contributed by atoms with van der Waals surface area (Å²) in [7, 11) is 0. The molecule has 3 heterocycles. The van der Waals surface area contributed by atoms with E-state index in [0.717, 1.165) is 24.9 Å². The lowest BCUT2D eigenvalue weighted by molar-refractivity contribution is -0.136. The second kappa shape index (κ2) is 6.26. The van der Waals surface area contributed by atoms with Crippen molar-refractivity contribution in [3.05, 3.63) is 34.9 Å². The molecule has 2 unspecified atom stereocenters. The minimum absolute atomic E-state index is 0.102. The lowest BCUT2D eigenvalue weighted by Crippen LogP contribution is -2.52. The van der Waals surface area contributed by atoms with E-state index in [1.54, 1.807) is 4.90 Å². The molecule has 2 N–H and O–H groups in total. The van der Waals surface area contributed by atoms with Gasteiger partial charge < -0.3 is 10.2 Å². The number of imide groups is 1. The van der Waals surface area contributed by atoms with Gasteiger partial charge in [0.2, 0.25) is 11.8 Å². The number of nitrogens with zero attached hydrogens (tertiary/aromatic N) is 1. The molecule has 0 spiro atoms. The van der Waals surface area contributed by atoms with Crippen molar-refractivity contribution in [3.63, 3.8) is 0 Å². The third kappa shape index (κ3) is 2.95. The maximum atomic E-state index is 12.7. The summed E-state index contributed by atoms with van der Waals surface area (Å²) >= 11 is 0. The first-order chi connectivity index (χ1) is 12.0. The lowest BCUT2D eigenvalue weighted by atomic mass is 9.86. The van der Waals surface area contributed by atoms with Gasteiger partial charge in [0.1, 0.15) is 6.04 Å². The first-order valence-corrected chi connectivity index (χ1v) is 9.04. The van der Waals surface area contributed by atoms with E-state index in [9.17, 15) is 14.4 Å². The van der Waals surface area contributed by atoms with Gasteiger partial charge in [0.05, 0.1) is 0 Å². The Morgan fingerprint density at radius 3 is 2.76 bits per heavy atom. The van der Waals surface area contributed by atoms with Crippen LogP contribution in [0, 0.1) is 0 Å². The number of piperidine rings is 2. The van der Waals surface area contributed by atoms with Gasteiger partial charge in [0.15, 0.2) is 0 Å². The molecule has 1 aromatic carbocycles. The highest BCUT2D eigenvalue weighted by Gasteiger charge is 2.39. The zero-order valence-electron chi connectivity index (χ0n) is 14.4. The Morgan fingerprint density at radius 1 is 1.16 bits per heavy atom. The van der Waals surface area contributed by atoms with E-state index in [0.29, 0.717) is 30.5 Å². The molecule has 132 valence electrons. The molecule has 0 bridgehead atoms. The molecule has 2 fully saturated rings. The van der Waals surface area contributed by atoms with Crippen LogP contribution in [-0.4, -0.2) is 41.2 Å². The van der Waals surface area contributed by atoms with Gasteiger partial charge in [-0.15, -0.1) is 0 Å². The average Bonchev–Trinajstić information content (AvgIpc) is 2.91. The SMILES string of the molecule is C[C@H]1CC(c2ccc3c(c2)CN(C2CCC(=O)NC2=O)C3=O)CCN1. The lowest BCUT2D eigenvalue weighted by Gasteiger charge is -2.29. The summed E-state index contributed by atoms with van der Waals surface area (Å²) in [5.74, 6) is -0.200. The second-order valence-electron chi connectivity index (χ2n) is 7.39. The highest BCUT2D eigenvalue weighted by Crippen LogP contribution is 2.33. The van der Waals surface area contributed by atoms with E-state index in [1.807, 2.05) is 6.07 Å². The zero-order chi connectivity index (χ0) is 17.6. The molecule has 0 saturated carbocycles. The molecule has 3 aliphatic heterocycles. The predicted molar refractivity (Wildman–Crippen MR) is 91.9 cm³/mol. The number of nitrogens with one attached hydrogen (secondary N) is 2. The topological polar surface area (TPSA) is 78.5 Å². The fourth-order valence-corrected chi connectivity index (χ4v) is 4.28. The van der Waals surface area contributed by atoms with Crippen LogP contribution in [-0.2, 0) is 16.1 Å². The Balaban J connectivity index is 1.55. The molecule has 6 nitrogen and oxygen atoms in total. The molecule has 6 heteroatoms. The Bertz CT molecular complexity index is 745. The van der Waals surface area contributed by atoms with Crippen molar-refractivity contribution < 1.29 is 14.4 Å². The molecule has 4 rings (SSSR count). The van der Waals surface area contributed by atoms with Crippen molar-refractivity contribution in [1.82, 2.24) is 15.5 Å². The summed E-state index contributed by atoms with van der Waals surface area (Å²) in [6.07, 6.45) is 2.90. The van der Waals surface area contributed by atoms with E-state index in [1.165, 1.54) is 5.56 Å². The van der Waals surface area contributed by atoms with Crippen molar-refractivity contribution in [3.8, 4) is 0 Å². The number of hydrogen-bond donors (Lipinski definition) is 2. The summed E-state index contributed by atoms with van der Waals surface area (Å²) in [6, 6.07) is 6.08. The standard InChI is InChI=1S/C19H23N3O3/c1-11-8-13(6-7-20-11)12-2-3-15-14(9-12)10-22(19(15)25)16-4-5-17(23)21-18(16)24/h2-3,9,11,13,16,20H,4-8,10H2,1H3,(H,21,23,24)/t11-,13?,16?/m0/s1. The molecule has 3 atom stereocenters. The average molecular weight is 341 g/mol. The van der Waals surface area contributed by atoms with E-state index in [4.69, 9.17) is 0 Å². The first-order valence-electron chi connectivity index (χ1n) is 9.04. The van der Waals surface area contributed by atoms with Gasteiger partial charge >= 0.3 is 0 Å². The molecule has 3 aliphatic rings. The normalized spacial score (nSPS) is 29.6. The van der Waals surface area contributed by atoms with Crippen LogP contribution < -0.4 is 10.6 Å². The smallest absolute Gasteiger partial charge is 0.255 e. The Labute approximate surface area is 147 Å². The van der Waals surface area contributed by atoms with E-state index in [2.05, 4.69) is 29.7 Å². The van der Waals surface area contributed by atoms with Crippen LogP contribution >= 0.6 is 0 Å². The summed E-state index contributed by atoms with van der Waals surface area (Å²) < 4.78 is 0. The molecule has 25 heavy (non-hydrogen) atoms. The highest BCUT2D eigenvalue weighted by molar-refractivity contribution is 6.05.